The van der Waals surface area contributed by atoms with Crippen LogP contribution in [0.4, 0.5) is 0 Å². The highest BCUT2D eigenvalue weighted by atomic mass is 32.2. The Morgan fingerprint density at radius 3 is 2.44 bits per heavy atom. The second kappa shape index (κ2) is 9.41. The number of carbonyl (C=O) groups excluding carboxylic acids is 1. The Bertz CT molecular complexity index is 740. The summed E-state index contributed by atoms with van der Waals surface area (Å²) in [5.41, 5.74) is 0. The van der Waals surface area contributed by atoms with Crippen LogP contribution < -0.4 is 14.8 Å². The second-order valence-corrected chi connectivity index (χ2v) is 9.08. The van der Waals surface area contributed by atoms with E-state index in [1.54, 1.807) is 12.1 Å². The molecule has 0 aromatic heterocycles. The molecule has 1 aromatic rings. The Labute approximate surface area is 162 Å². The molecule has 1 aromatic carbocycles. The van der Waals surface area contributed by atoms with Crippen LogP contribution in [0.15, 0.2) is 23.1 Å². The SMILES string of the molecule is COc1ccc(OC)c(S(=O)(=O)N2CCC(C(=O)NCCC(C)C)CC2)c1. The van der Waals surface area contributed by atoms with Gasteiger partial charge in [0.15, 0.2) is 0 Å². The quantitative estimate of drug-likeness (QED) is 0.726. The topological polar surface area (TPSA) is 84.9 Å². The number of nitrogens with one attached hydrogen (secondary N) is 1. The summed E-state index contributed by atoms with van der Waals surface area (Å²) >= 11 is 0. The molecular weight excluding hydrogens is 368 g/mol. The number of hydrogen-bond donors (Lipinski definition) is 1. The number of rotatable bonds is 8. The van der Waals surface area contributed by atoms with Crippen molar-refractivity contribution in [1.29, 1.82) is 0 Å². The Morgan fingerprint density at radius 2 is 1.89 bits per heavy atom. The standard InChI is InChI=1S/C19H30N2O5S/c1-14(2)7-10-20-19(22)15-8-11-21(12-9-15)27(23,24)18-13-16(25-3)5-6-17(18)26-4/h5-6,13-15H,7-12H2,1-4H3,(H,20,22). The molecule has 0 bridgehead atoms. The number of sulfonamides is 1. The third-order valence-electron chi connectivity index (χ3n) is 4.83. The Kier molecular flexibility index (Phi) is 7.49. The summed E-state index contributed by atoms with van der Waals surface area (Å²) in [7, 11) is -0.791. The number of piperidine rings is 1. The van der Waals surface area contributed by atoms with E-state index in [0.29, 0.717) is 44.1 Å². The smallest absolute Gasteiger partial charge is 0.246 e. The van der Waals surface area contributed by atoms with Crippen LogP contribution in [0.5, 0.6) is 11.5 Å². The van der Waals surface area contributed by atoms with Gasteiger partial charge in [-0.3, -0.25) is 4.79 Å². The van der Waals surface area contributed by atoms with Gasteiger partial charge in [0.1, 0.15) is 16.4 Å². The van der Waals surface area contributed by atoms with Gasteiger partial charge < -0.3 is 14.8 Å². The van der Waals surface area contributed by atoms with Crippen LogP contribution in [0.1, 0.15) is 33.1 Å². The molecule has 1 fully saturated rings. The molecule has 1 N–H and O–H groups in total. The Balaban J connectivity index is 2.03. The first kappa shape index (κ1) is 21.5. The molecule has 152 valence electrons. The third-order valence-corrected chi connectivity index (χ3v) is 6.75. The molecule has 27 heavy (non-hydrogen) atoms. The van der Waals surface area contributed by atoms with Gasteiger partial charge in [0.05, 0.1) is 14.2 Å². The van der Waals surface area contributed by atoms with Gasteiger partial charge in [-0.05, 0) is 37.3 Å². The monoisotopic (exact) mass is 398 g/mol. The van der Waals surface area contributed by atoms with Crippen LogP contribution in [-0.4, -0.2) is 52.5 Å². The van der Waals surface area contributed by atoms with Crippen LogP contribution in [0, 0.1) is 11.8 Å². The van der Waals surface area contributed by atoms with Crippen molar-refractivity contribution in [3.8, 4) is 11.5 Å². The molecular formula is C19H30N2O5S. The van der Waals surface area contributed by atoms with Crippen molar-refractivity contribution >= 4 is 15.9 Å². The lowest BCUT2D eigenvalue weighted by atomic mass is 9.97. The molecule has 1 heterocycles. The van der Waals surface area contributed by atoms with E-state index in [9.17, 15) is 13.2 Å². The maximum atomic E-state index is 13.0. The van der Waals surface area contributed by atoms with Crippen LogP contribution in [0.3, 0.4) is 0 Å². The summed E-state index contributed by atoms with van der Waals surface area (Å²) in [6.07, 6.45) is 1.96. The van der Waals surface area contributed by atoms with Gasteiger partial charge in [0, 0.05) is 31.6 Å². The summed E-state index contributed by atoms with van der Waals surface area (Å²) in [4.78, 5) is 12.4. The molecule has 8 heteroatoms. The van der Waals surface area contributed by atoms with Crippen molar-refractivity contribution in [3.05, 3.63) is 18.2 Å². The summed E-state index contributed by atoms with van der Waals surface area (Å²) < 4.78 is 37.9. The fraction of sp³-hybridized carbons (Fsp3) is 0.632. The van der Waals surface area contributed by atoms with Gasteiger partial charge in [0.2, 0.25) is 15.9 Å². The van der Waals surface area contributed by atoms with Crippen molar-refractivity contribution in [2.45, 2.75) is 38.0 Å². The first-order valence-electron chi connectivity index (χ1n) is 9.29. The van der Waals surface area contributed by atoms with Crippen LogP contribution in [0.2, 0.25) is 0 Å². The van der Waals surface area contributed by atoms with Crippen LogP contribution in [-0.2, 0) is 14.8 Å². The highest BCUT2D eigenvalue weighted by molar-refractivity contribution is 7.89. The first-order valence-corrected chi connectivity index (χ1v) is 10.7. The number of ether oxygens (including phenoxy) is 2. The zero-order valence-electron chi connectivity index (χ0n) is 16.5. The summed E-state index contributed by atoms with van der Waals surface area (Å²) in [6, 6.07) is 4.71. The van der Waals surface area contributed by atoms with Crippen molar-refractivity contribution in [1.82, 2.24) is 9.62 Å². The Morgan fingerprint density at radius 1 is 1.22 bits per heavy atom. The fourth-order valence-electron chi connectivity index (χ4n) is 3.11. The largest absolute Gasteiger partial charge is 0.497 e. The lowest BCUT2D eigenvalue weighted by Gasteiger charge is -2.31. The number of benzene rings is 1. The van der Waals surface area contributed by atoms with E-state index in [-0.39, 0.29) is 22.5 Å². The highest BCUT2D eigenvalue weighted by Gasteiger charge is 2.33. The van der Waals surface area contributed by atoms with Crippen molar-refractivity contribution in [2.75, 3.05) is 33.9 Å². The molecule has 1 saturated heterocycles. The number of carbonyl (C=O) groups is 1. The van der Waals surface area contributed by atoms with Crippen LogP contribution >= 0.6 is 0 Å². The highest BCUT2D eigenvalue weighted by Crippen LogP contribution is 2.32. The maximum Gasteiger partial charge on any atom is 0.246 e. The lowest BCUT2D eigenvalue weighted by Crippen LogP contribution is -2.43. The normalized spacial score (nSPS) is 16.3. The number of methoxy groups -OCH3 is 2. The summed E-state index contributed by atoms with van der Waals surface area (Å²) in [5.74, 6) is 1.15. The molecule has 1 aliphatic rings. The number of nitrogens with zero attached hydrogens (tertiary/aromatic N) is 1. The molecule has 1 amide bonds. The number of amides is 1. The molecule has 0 radical (unpaired) electrons. The average molecular weight is 399 g/mol. The van der Waals surface area contributed by atoms with Crippen molar-refractivity contribution < 1.29 is 22.7 Å². The fourth-order valence-corrected chi connectivity index (χ4v) is 4.75. The third kappa shape index (κ3) is 5.35. The van der Waals surface area contributed by atoms with Crippen LogP contribution in [0.25, 0.3) is 0 Å². The zero-order valence-corrected chi connectivity index (χ0v) is 17.3. The van der Waals surface area contributed by atoms with Gasteiger partial charge in [-0.1, -0.05) is 13.8 Å². The molecule has 0 spiro atoms. The van der Waals surface area contributed by atoms with Gasteiger partial charge in [-0.15, -0.1) is 0 Å². The van der Waals surface area contributed by atoms with Crippen molar-refractivity contribution in [2.24, 2.45) is 11.8 Å². The van der Waals surface area contributed by atoms with E-state index in [4.69, 9.17) is 9.47 Å². The van der Waals surface area contributed by atoms with E-state index in [2.05, 4.69) is 19.2 Å². The maximum absolute atomic E-state index is 13.0. The lowest BCUT2D eigenvalue weighted by molar-refractivity contribution is -0.126. The van der Waals surface area contributed by atoms with E-state index in [1.807, 2.05) is 0 Å². The molecule has 0 atom stereocenters. The predicted octanol–water partition coefficient (Wildman–Crippen LogP) is 2.27. The minimum Gasteiger partial charge on any atom is -0.497 e. The van der Waals surface area contributed by atoms with E-state index in [0.717, 1.165) is 6.42 Å². The summed E-state index contributed by atoms with van der Waals surface area (Å²) in [6.45, 7) is 5.51. The molecule has 0 unspecified atom stereocenters. The van der Waals surface area contributed by atoms with E-state index in [1.165, 1.54) is 24.6 Å². The first-order chi connectivity index (χ1) is 12.8. The van der Waals surface area contributed by atoms with E-state index >= 15 is 0 Å². The molecule has 7 nitrogen and oxygen atoms in total. The van der Waals surface area contributed by atoms with Gasteiger partial charge in [0.25, 0.3) is 0 Å². The second-order valence-electron chi connectivity index (χ2n) is 7.17. The molecule has 1 aliphatic heterocycles. The Hall–Kier alpha value is -1.80. The minimum absolute atomic E-state index is 0.0201. The van der Waals surface area contributed by atoms with Gasteiger partial charge in [-0.2, -0.15) is 4.31 Å². The number of hydrogen-bond acceptors (Lipinski definition) is 5. The molecule has 2 rings (SSSR count). The molecule has 0 saturated carbocycles. The van der Waals surface area contributed by atoms with Gasteiger partial charge >= 0.3 is 0 Å². The van der Waals surface area contributed by atoms with Crippen molar-refractivity contribution in [3.63, 3.8) is 0 Å². The molecule has 0 aliphatic carbocycles. The predicted molar refractivity (Wildman–Crippen MR) is 103 cm³/mol. The average Bonchev–Trinajstić information content (AvgIpc) is 2.67. The zero-order chi connectivity index (χ0) is 20.0. The minimum atomic E-state index is -3.72. The van der Waals surface area contributed by atoms with Gasteiger partial charge in [-0.25, -0.2) is 8.42 Å². The van der Waals surface area contributed by atoms with E-state index < -0.39 is 10.0 Å². The summed E-state index contributed by atoms with van der Waals surface area (Å²) in [5, 5.41) is 2.96.